The Morgan fingerprint density at radius 1 is 1.42 bits per heavy atom. The monoisotopic (exact) mass is 262 g/mol. The van der Waals surface area contributed by atoms with Gasteiger partial charge in [0.25, 0.3) is 0 Å². The summed E-state index contributed by atoms with van der Waals surface area (Å²) in [5.74, 6) is -0.300. The summed E-state index contributed by atoms with van der Waals surface area (Å²) < 4.78 is 12.7. The molecule has 1 rings (SSSR count). The summed E-state index contributed by atoms with van der Waals surface area (Å²) in [6.07, 6.45) is 0.303. The van der Waals surface area contributed by atoms with Crippen LogP contribution in [-0.2, 0) is 11.2 Å². The average molecular weight is 262 g/mol. The number of benzene rings is 1. The Bertz CT molecular complexity index is 450. The standard InChI is InChI=1S/C15H19FN2O/c1-3-18(10-12(2)9-17)11-15(19)8-13-4-6-14(16)7-5-13/h4-7,12H,3,8,10-11H2,1-2H3. The van der Waals surface area contributed by atoms with E-state index in [1.165, 1.54) is 12.1 Å². The summed E-state index contributed by atoms with van der Waals surface area (Å²) in [5, 5.41) is 8.78. The third-order valence-electron chi connectivity index (χ3n) is 2.91. The van der Waals surface area contributed by atoms with Gasteiger partial charge in [0.1, 0.15) is 5.82 Å². The molecule has 0 heterocycles. The van der Waals surface area contributed by atoms with E-state index in [2.05, 4.69) is 6.07 Å². The van der Waals surface area contributed by atoms with Crippen molar-refractivity contribution in [2.75, 3.05) is 19.6 Å². The maximum atomic E-state index is 12.7. The number of likely N-dealkylation sites (N-methyl/N-ethyl adjacent to an activating group) is 1. The van der Waals surface area contributed by atoms with Gasteiger partial charge in [-0.25, -0.2) is 4.39 Å². The van der Waals surface area contributed by atoms with Gasteiger partial charge in [0.05, 0.1) is 18.5 Å². The summed E-state index contributed by atoms with van der Waals surface area (Å²) in [6.45, 7) is 5.48. The highest BCUT2D eigenvalue weighted by Crippen LogP contribution is 2.05. The lowest BCUT2D eigenvalue weighted by atomic mass is 10.1. The van der Waals surface area contributed by atoms with Gasteiger partial charge in [0.2, 0.25) is 0 Å². The summed E-state index contributed by atoms with van der Waals surface area (Å²) in [6, 6.07) is 8.14. The van der Waals surface area contributed by atoms with E-state index < -0.39 is 0 Å². The number of carbonyl (C=O) groups excluding carboxylic acids is 1. The van der Waals surface area contributed by atoms with Crippen molar-refractivity contribution in [3.63, 3.8) is 0 Å². The lowest BCUT2D eigenvalue weighted by molar-refractivity contribution is -0.119. The Balaban J connectivity index is 2.49. The number of nitriles is 1. The Morgan fingerprint density at radius 3 is 2.58 bits per heavy atom. The normalized spacial score (nSPS) is 12.2. The largest absolute Gasteiger partial charge is 0.298 e. The van der Waals surface area contributed by atoms with Crippen molar-refractivity contribution in [1.29, 1.82) is 5.26 Å². The molecule has 0 amide bonds. The second kappa shape index (κ2) is 7.65. The zero-order chi connectivity index (χ0) is 14.3. The molecule has 0 radical (unpaired) electrons. The van der Waals surface area contributed by atoms with E-state index >= 15 is 0 Å². The van der Waals surface area contributed by atoms with Crippen molar-refractivity contribution in [2.24, 2.45) is 5.92 Å². The van der Waals surface area contributed by atoms with Crippen LogP contribution in [0.15, 0.2) is 24.3 Å². The van der Waals surface area contributed by atoms with E-state index in [-0.39, 0.29) is 17.5 Å². The highest BCUT2D eigenvalue weighted by molar-refractivity contribution is 5.82. The van der Waals surface area contributed by atoms with E-state index in [1.807, 2.05) is 18.7 Å². The number of nitrogens with zero attached hydrogens (tertiary/aromatic N) is 2. The SMILES string of the molecule is CCN(CC(=O)Cc1ccc(F)cc1)CC(C)C#N. The molecule has 0 fully saturated rings. The molecule has 0 aliphatic rings. The van der Waals surface area contributed by atoms with E-state index in [0.29, 0.717) is 19.5 Å². The van der Waals surface area contributed by atoms with Crippen LogP contribution in [0.1, 0.15) is 19.4 Å². The molecule has 0 N–H and O–H groups in total. The first kappa shape index (κ1) is 15.3. The molecule has 0 spiro atoms. The molecular formula is C15H19FN2O. The minimum atomic E-state index is -0.297. The van der Waals surface area contributed by atoms with Gasteiger partial charge in [-0.3, -0.25) is 9.69 Å². The van der Waals surface area contributed by atoms with Gasteiger partial charge in [0, 0.05) is 13.0 Å². The van der Waals surface area contributed by atoms with Crippen LogP contribution >= 0.6 is 0 Å². The highest BCUT2D eigenvalue weighted by atomic mass is 19.1. The van der Waals surface area contributed by atoms with E-state index in [0.717, 1.165) is 12.1 Å². The Labute approximate surface area is 113 Å². The van der Waals surface area contributed by atoms with Crippen molar-refractivity contribution in [3.05, 3.63) is 35.6 Å². The molecule has 0 aliphatic carbocycles. The van der Waals surface area contributed by atoms with E-state index in [1.54, 1.807) is 12.1 Å². The van der Waals surface area contributed by atoms with Crippen LogP contribution in [0.25, 0.3) is 0 Å². The van der Waals surface area contributed by atoms with Crippen LogP contribution in [-0.4, -0.2) is 30.3 Å². The zero-order valence-electron chi connectivity index (χ0n) is 11.4. The fourth-order valence-corrected chi connectivity index (χ4v) is 1.87. The van der Waals surface area contributed by atoms with Crippen LogP contribution in [0.3, 0.4) is 0 Å². The van der Waals surface area contributed by atoms with Gasteiger partial charge >= 0.3 is 0 Å². The number of hydrogen-bond donors (Lipinski definition) is 0. The fourth-order valence-electron chi connectivity index (χ4n) is 1.87. The topological polar surface area (TPSA) is 44.1 Å². The average Bonchev–Trinajstić information content (AvgIpc) is 2.40. The van der Waals surface area contributed by atoms with Crippen LogP contribution < -0.4 is 0 Å². The molecule has 1 aromatic carbocycles. The number of Topliss-reactive ketones (excluding diaryl/α,β-unsaturated/α-hetero) is 1. The minimum absolute atomic E-state index is 0.0820. The maximum absolute atomic E-state index is 12.7. The third-order valence-corrected chi connectivity index (χ3v) is 2.91. The molecule has 1 aromatic rings. The molecule has 1 unspecified atom stereocenters. The zero-order valence-corrected chi connectivity index (χ0v) is 11.4. The van der Waals surface area contributed by atoms with E-state index in [9.17, 15) is 9.18 Å². The van der Waals surface area contributed by atoms with Crippen LogP contribution in [0.5, 0.6) is 0 Å². The molecule has 0 aromatic heterocycles. The first-order valence-electron chi connectivity index (χ1n) is 6.43. The number of rotatable bonds is 7. The quantitative estimate of drug-likeness (QED) is 0.758. The number of halogens is 1. The van der Waals surface area contributed by atoms with Crippen molar-refractivity contribution in [1.82, 2.24) is 4.90 Å². The fraction of sp³-hybridized carbons (Fsp3) is 0.467. The maximum Gasteiger partial charge on any atom is 0.151 e. The number of hydrogen-bond acceptors (Lipinski definition) is 3. The second-order valence-corrected chi connectivity index (χ2v) is 4.70. The lowest BCUT2D eigenvalue weighted by Gasteiger charge is -2.20. The minimum Gasteiger partial charge on any atom is -0.298 e. The van der Waals surface area contributed by atoms with Crippen molar-refractivity contribution in [2.45, 2.75) is 20.3 Å². The molecule has 1 atom stereocenters. The Morgan fingerprint density at radius 2 is 2.05 bits per heavy atom. The van der Waals surface area contributed by atoms with Crippen molar-refractivity contribution >= 4 is 5.78 Å². The smallest absolute Gasteiger partial charge is 0.151 e. The number of ketones is 1. The predicted octanol–water partition coefficient (Wildman–Crippen LogP) is 2.42. The highest BCUT2D eigenvalue weighted by Gasteiger charge is 2.12. The van der Waals surface area contributed by atoms with Gasteiger partial charge in [-0.15, -0.1) is 0 Å². The molecule has 102 valence electrons. The molecule has 0 bridgehead atoms. The second-order valence-electron chi connectivity index (χ2n) is 4.70. The van der Waals surface area contributed by atoms with E-state index in [4.69, 9.17) is 5.26 Å². The number of carbonyl (C=O) groups is 1. The lowest BCUT2D eigenvalue weighted by Crippen LogP contribution is -2.33. The summed E-state index contributed by atoms with van der Waals surface area (Å²) in [4.78, 5) is 13.9. The van der Waals surface area contributed by atoms with Gasteiger partial charge in [-0.05, 0) is 31.2 Å². The third kappa shape index (κ3) is 5.62. The van der Waals surface area contributed by atoms with Gasteiger partial charge < -0.3 is 0 Å². The summed E-state index contributed by atoms with van der Waals surface area (Å²) >= 11 is 0. The first-order valence-corrected chi connectivity index (χ1v) is 6.43. The van der Waals surface area contributed by atoms with Crippen LogP contribution in [0, 0.1) is 23.1 Å². The van der Waals surface area contributed by atoms with Crippen molar-refractivity contribution < 1.29 is 9.18 Å². The molecule has 0 saturated carbocycles. The van der Waals surface area contributed by atoms with Crippen molar-refractivity contribution in [3.8, 4) is 6.07 Å². The van der Waals surface area contributed by atoms with Gasteiger partial charge in [0.15, 0.2) is 5.78 Å². The van der Waals surface area contributed by atoms with Gasteiger partial charge in [-0.1, -0.05) is 19.1 Å². The van der Waals surface area contributed by atoms with Gasteiger partial charge in [-0.2, -0.15) is 5.26 Å². The molecule has 0 aliphatic heterocycles. The molecular weight excluding hydrogens is 243 g/mol. The molecule has 19 heavy (non-hydrogen) atoms. The summed E-state index contributed by atoms with van der Waals surface area (Å²) in [7, 11) is 0. The first-order chi connectivity index (χ1) is 9.05. The van der Waals surface area contributed by atoms with Crippen LogP contribution in [0.2, 0.25) is 0 Å². The Hall–Kier alpha value is -1.73. The molecule has 3 nitrogen and oxygen atoms in total. The van der Waals surface area contributed by atoms with Crippen LogP contribution in [0.4, 0.5) is 4.39 Å². The predicted molar refractivity (Wildman–Crippen MR) is 72.0 cm³/mol. The Kier molecular flexibility index (Phi) is 6.17. The molecule has 0 saturated heterocycles. The molecule has 4 heteroatoms. The summed E-state index contributed by atoms with van der Waals surface area (Å²) in [5.41, 5.74) is 0.816.